The molecule has 0 aromatic carbocycles. The van der Waals surface area contributed by atoms with Crippen LogP contribution in [0.2, 0.25) is 0 Å². The van der Waals surface area contributed by atoms with E-state index in [1.54, 1.807) is 0 Å². The van der Waals surface area contributed by atoms with E-state index in [2.05, 4.69) is 23.7 Å². The lowest BCUT2D eigenvalue weighted by Gasteiger charge is -2.24. The van der Waals surface area contributed by atoms with Crippen molar-refractivity contribution in [2.24, 2.45) is 0 Å². The highest BCUT2D eigenvalue weighted by Crippen LogP contribution is 2.32. The van der Waals surface area contributed by atoms with Gasteiger partial charge in [-0.3, -0.25) is 0 Å². The number of aromatic nitrogens is 1. The van der Waals surface area contributed by atoms with Crippen molar-refractivity contribution in [3.8, 4) is 0 Å². The molecule has 0 saturated carbocycles. The van der Waals surface area contributed by atoms with E-state index < -0.39 is 0 Å². The molecule has 1 aromatic rings. The first-order chi connectivity index (χ1) is 8.52. The van der Waals surface area contributed by atoms with Gasteiger partial charge in [-0.2, -0.15) is 11.8 Å². The van der Waals surface area contributed by atoms with Crippen LogP contribution in [0.15, 0.2) is 12.3 Å². The second-order valence-corrected chi connectivity index (χ2v) is 7.18. The summed E-state index contributed by atoms with van der Waals surface area (Å²) < 4.78 is 13.5. The molecule has 1 saturated heterocycles. The molecule has 2 heterocycles. The third-order valence-electron chi connectivity index (χ3n) is 3.19. The summed E-state index contributed by atoms with van der Waals surface area (Å²) in [5.41, 5.74) is 0.779. The van der Waals surface area contributed by atoms with Crippen molar-refractivity contribution in [1.29, 1.82) is 0 Å². The Morgan fingerprint density at radius 3 is 3.00 bits per heavy atom. The fraction of sp³-hybridized carbons (Fsp3) is 0.615. The van der Waals surface area contributed by atoms with E-state index in [0.29, 0.717) is 10.6 Å². The van der Waals surface area contributed by atoms with E-state index >= 15 is 0 Å². The Balaban J connectivity index is 2.21. The maximum atomic E-state index is 13.2. The Hall–Kier alpha value is -0.480. The Bertz CT molecular complexity index is 425. The molecule has 0 spiro atoms. The molecule has 2 rings (SSSR count). The summed E-state index contributed by atoms with van der Waals surface area (Å²) in [4.78, 5) is 6.44. The zero-order chi connectivity index (χ0) is 13.2. The number of hydrogen-bond donors (Lipinski definition) is 0. The number of hydrogen-bond acceptors (Lipinski definition) is 3. The third kappa shape index (κ3) is 3.29. The zero-order valence-electron chi connectivity index (χ0n) is 10.7. The van der Waals surface area contributed by atoms with Crippen LogP contribution in [0.1, 0.15) is 25.8 Å². The van der Waals surface area contributed by atoms with Crippen molar-refractivity contribution in [3.63, 3.8) is 0 Å². The molecule has 2 nitrogen and oxygen atoms in total. The van der Waals surface area contributed by atoms with Crippen LogP contribution in [0.25, 0.3) is 0 Å². The maximum Gasteiger partial charge on any atom is 0.141 e. The fourth-order valence-electron chi connectivity index (χ4n) is 2.09. The molecule has 1 aliphatic heterocycles. The predicted octanol–water partition coefficient (Wildman–Crippen LogP) is 3.68. The number of thioether (sulfide) groups is 1. The Morgan fingerprint density at radius 2 is 2.28 bits per heavy atom. The van der Waals surface area contributed by atoms with Crippen LogP contribution in [-0.2, 0) is 5.88 Å². The van der Waals surface area contributed by atoms with Crippen LogP contribution in [0.5, 0.6) is 0 Å². The summed E-state index contributed by atoms with van der Waals surface area (Å²) in [5, 5.41) is 0. The lowest BCUT2D eigenvalue weighted by Crippen LogP contribution is -2.28. The topological polar surface area (TPSA) is 16.1 Å². The van der Waals surface area contributed by atoms with Crippen molar-refractivity contribution in [3.05, 3.63) is 23.6 Å². The molecule has 1 aromatic heterocycles. The first-order valence-corrected chi connectivity index (χ1v) is 7.63. The van der Waals surface area contributed by atoms with Crippen LogP contribution in [0.3, 0.4) is 0 Å². The number of rotatable bonds is 2. The second-order valence-electron chi connectivity index (χ2n) is 5.12. The quantitative estimate of drug-likeness (QED) is 0.772. The van der Waals surface area contributed by atoms with Gasteiger partial charge in [0.15, 0.2) is 0 Å². The SMILES string of the molecule is CC1(C)CCN(c2ncc(F)cc2CCl)CCS1. The minimum Gasteiger partial charge on any atom is -0.355 e. The number of pyridine rings is 1. The van der Waals surface area contributed by atoms with Gasteiger partial charge in [0, 0.05) is 29.2 Å². The van der Waals surface area contributed by atoms with Crippen molar-refractivity contribution < 1.29 is 4.39 Å². The van der Waals surface area contributed by atoms with Gasteiger partial charge in [0.2, 0.25) is 0 Å². The first kappa shape index (κ1) is 13.9. The molecule has 5 heteroatoms. The molecule has 0 atom stereocenters. The average molecular weight is 289 g/mol. The van der Waals surface area contributed by atoms with Gasteiger partial charge in [-0.25, -0.2) is 9.37 Å². The van der Waals surface area contributed by atoms with Gasteiger partial charge in [-0.05, 0) is 12.5 Å². The van der Waals surface area contributed by atoms with Gasteiger partial charge in [-0.1, -0.05) is 13.8 Å². The molecule has 0 aliphatic carbocycles. The maximum absolute atomic E-state index is 13.2. The molecule has 0 amide bonds. The van der Waals surface area contributed by atoms with Gasteiger partial charge >= 0.3 is 0 Å². The van der Waals surface area contributed by atoms with Gasteiger partial charge in [0.25, 0.3) is 0 Å². The molecule has 0 N–H and O–H groups in total. The summed E-state index contributed by atoms with van der Waals surface area (Å²) in [5.74, 6) is 1.88. The summed E-state index contributed by atoms with van der Waals surface area (Å²) in [6, 6.07) is 1.48. The van der Waals surface area contributed by atoms with E-state index in [4.69, 9.17) is 11.6 Å². The molecular formula is C13H18ClFN2S. The Morgan fingerprint density at radius 1 is 1.50 bits per heavy atom. The van der Waals surface area contributed by atoms with Gasteiger partial charge < -0.3 is 4.90 Å². The fourth-order valence-corrected chi connectivity index (χ4v) is 3.39. The predicted molar refractivity (Wildman–Crippen MR) is 77.1 cm³/mol. The highest BCUT2D eigenvalue weighted by Gasteiger charge is 2.25. The molecule has 1 fully saturated rings. The van der Waals surface area contributed by atoms with Crippen LogP contribution < -0.4 is 4.90 Å². The molecule has 18 heavy (non-hydrogen) atoms. The van der Waals surface area contributed by atoms with E-state index in [1.165, 1.54) is 12.3 Å². The lowest BCUT2D eigenvalue weighted by atomic mass is 10.1. The number of anilines is 1. The average Bonchev–Trinajstić information content (AvgIpc) is 2.50. The minimum atomic E-state index is -0.320. The Kier molecular flexibility index (Phi) is 4.38. The third-order valence-corrected chi connectivity index (χ3v) is 4.85. The molecular weight excluding hydrogens is 271 g/mol. The van der Waals surface area contributed by atoms with E-state index in [1.807, 2.05) is 11.8 Å². The van der Waals surface area contributed by atoms with Crippen LogP contribution in [0.4, 0.5) is 10.2 Å². The largest absolute Gasteiger partial charge is 0.355 e. The van der Waals surface area contributed by atoms with Crippen molar-refractivity contribution in [2.45, 2.75) is 30.9 Å². The summed E-state index contributed by atoms with van der Waals surface area (Å²) in [7, 11) is 0. The number of nitrogens with zero attached hydrogens (tertiary/aromatic N) is 2. The first-order valence-electron chi connectivity index (χ1n) is 6.11. The van der Waals surface area contributed by atoms with Crippen LogP contribution in [0, 0.1) is 5.82 Å². The lowest BCUT2D eigenvalue weighted by molar-refractivity contribution is 0.613. The van der Waals surface area contributed by atoms with E-state index in [9.17, 15) is 4.39 Å². The minimum absolute atomic E-state index is 0.299. The molecule has 0 bridgehead atoms. The summed E-state index contributed by atoms with van der Waals surface area (Å²) >= 11 is 7.86. The van der Waals surface area contributed by atoms with Crippen LogP contribution >= 0.6 is 23.4 Å². The highest BCUT2D eigenvalue weighted by atomic mass is 35.5. The monoisotopic (exact) mass is 288 g/mol. The number of alkyl halides is 1. The van der Waals surface area contributed by atoms with Crippen molar-refractivity contribution in [1.82, 2.24) is 4.98 Å². The standard InChI is InChI=1S/C13H18ClFN2S/c1-13(2)3-4-17(5-6-18-13)12-10(8-14)7-11(15)9-16-12/h7,9H,3-6,8H2,1-2H3. The van der Waals surface area contributed by atoms with E-state index in [-0.39, 0.29) is 5.82 Å². The summed E-state index contributed by atoms with van der Waals surface area (Å²) in [6.45, 7) is 6.42. The van der Waals surface area contributed by atoms with Gasteiger partial charge in [0.1, 0.15) is 11.6 Å². The molecule has 100 valence electrons. The smallest absolute Gasteiger partial charge is 0.141 e. The van der Waals surface area contributed by atoms with Crippen molar-refractivity contribution in [2.75, 3.05) is 23.7 Å². The molecule has 0 radical (unpaired) electrons. The molecule has 1 aliphatic rings. The van der Waals surface area contributed by atoms with Gasteiger partial charge in [-0.15, -0.1) is 11.6 Å². The Labute approximate surface area is 117 Å². The normalized spacial score (nSPS) is 19.7. The summed E-state index contributed by atoms with van der Waals surface area (Å²) in [6.07, 6.45) is 2.37. The van der Waals surface area contributed by atoms with Crippen LogP contribution in [-0.4, -0.2) is 28.6 Å². The molecule has 0 unspecified atom stereocenters. The second kappa shape index (κ2) is 5.66. The van der Waals surface area contributed by atoms with Gasteiger partial charge in [0.05, 0.1) is 12.1 Å². The number of halogens is 2. The highest BCUT2D eigenvalue weighted by molar-refractivity contribution is 8.00. The van der Waals surface area contributed by atoms with E-state index in [0.717, 1.165) is 36.6 Å². The zero-order valence-corrected chi connectivity index (χ0v) is 12.3. The van der Waals surface area contributed by atoms with Crippen molar-refractivity contribution >= 4 is 29.2 Å².